The Kier molecular flexibility index (Phi) is 15.9. The summed E-state index contributed by atoms with van der Waals surface area (Å²) in [6.45, 7) is 34.8. The first-order valence-electron chi connectivity index (χ1n) is 41.7. The summed E-state index contributed by atoms with van der Waals surface area (Å²) in [6, 6.07) is 115. The van der Waals surface area contributed by atoms with Crippen LogP contribution in [0.25, 0.3) is 143 Å². The van der Waals surface area contributed by atoms with Crippen LogP contribution in [0.1, 0.15) is 132 Å². The van der Waals surface area contributed by atoms with Crippen molar-refractivity contribution >= 4 is 145 Å². The fourth-order valence-electron chi connectivity index (χ4n) is 19.2. The molecule has 0 fully saturated rings. The molecule has 19 aromatic rings. The van der Waals surface area contributed by atoms with Gasteiger partial charge in [-0.15, -0.1) is 0 Å². The standard InChI is InChI=1S/C110H95BN4O2/c1-106(2,3)70-44-52-89-83(56-70)84-57-71(107(4,5)6)45-53-90(84)112(89)75-48-50-87-93(62-75)114(102-79(66-32-20-16-21-33-66)64-81(68-36-24-18-25-37-68)104-99(102)77-40-28-30-42-97(77)116-104)95-60-74(110(13,14)15)61-96-101(95)111(87)88-51-49-76(113-91-54-46-72(108(7,8)9)58-85(91)86-59-73(109(10,11)12)47-55-92(86)113)63-94(88)115(96)103-80(67-34-22-17-23-35-67)65-82(69-38-26-19-27-39-69)105-100(103)78-41-29-31-43-98(78)117-105/h16-65H,1-15H3. The van der Waals surface area contributed by atoms with Gasteiger partial charge in [-0.05, 0) is 203 Å². The number of para-hydroxylation sites is 2. The molecule has 2 aliphatic heterocycles. The smallest absolute Gasteiger partial charge is 0.252 e. The summed E-state index contributed by atoms with van der Waals surface area (Å²) in [6.07, 6.45) is 0. The van der Waals surface area contributed by atoms with Crippen LogP contribution in [0, 0.1) is 0 Å². The van der Waals surface area contributed by atoms with E-state index < -0.39 is 5.41 Å². The number of hydrogen-bond donors (Lipinski definition) is 0. The minimum atomic E-state index is -0.404. The highest BCUT2D eigenvalue weighted by Gasteiger charge is 2.47. The van der Waals surface area contributed by atoms with E-state index in [0.717, 1.165) is 156 Å². The highest BCUT2D eigenvalue weighted by Crippen LogP contribution is 2.58. The van der Waals surface area contributed by atoms with E-state index in [1.54, 1.807) is 0 Å². The first kappa shape index (κ1) is 71.9. The van der Waals surface area contributed by atoms with Gasteiger partial charge in [-0.2, -0.15) is 0 Å². The van der Waals surface area contributed by atoms with E-state index in [1.807, 2.05) is 0 Å². The van der Waals surface area contributed by atoms with Gasteiger partial charge in [0.15, 0.2) is 0 Å². The molecule has 0 radical (unpaired) electrons. The zero-order valence-corrected chi connectivity index (χ0v) is 69.6. The molecule has 15 aromatic carbocycles. The third kappa shape index (κ3) is 11.3. The van der Waals surface area contributed by atoms with Gasteiger partial charge in [0.05, 0.1) is 44.2 Å². The average Bonchev–Trinajstić information content (AvgIpc) is 1.54. The van der Waals surface area contributed by atoms with Crippen molar-refractivity contribution in [2.45, 2.75) is 131 Å². The van der Waals surface area contributed by atoms with Gasteiger partial charge in [0.2, 0.25) is 0 Å². The summed E-state index contributed by atoms with van der Waals surface area (Å²) in [4.78, 5) is 5.42. The number of furan rings is 2. The van der Waals surface area contributed by atoms with Crippen LogP contribution in [0.4, 0.5) is 34.1 Å². The Morgan fingerprint density at radius 1 is 0.248 bits per heavy atom. The van der Waals surface area contributed by atoms with Gasteiger partial charge >= 0.3 is 0 Å². The average molecular weight is 1520 g/mol. The molecule has 0 bridgehead atoms. The molecule has 6 nitrogen and oxygen atoms in total. The molecule has 570 valence electrons. The van der Waals surface area contributed by atoms with Crippen LogP contribution >= 0.6 is 0 Å². The van der Waals surface area contributed by atoms with Gasteiger partial charge in [0.1, 0.15) is 22.3 Å². The van der Waals surface area contributed by atoms with Crippen LogP contribution in [0.3, 0.4) is 0 Å². The molecule has 0 saturated carbocycles. The third-order valence-electron chi connectivity index (χ3n) is 25.4. The van der Waals surface area contributed by atoms with Crippen LogP contribution in [0.5, 0.6) is 0 Å². The lowest BCUT2D eigenvalue weighted by molar-refractivity contribution is 0.590. The van der Waals surface area contributed by atoms with E-state index in [-0.39, 0.29) is 28.4 Å². The Balaban J connectivity index is 0.955. The number of benzene rings is 15. The molecular weight excluding hydrogens is 1420 g/mol. The van der Waals surface area contributed by atoms with Crippen LogP contribution in [0.15, 0.2) is 312 Å². The van der Waals surface area contributed by atoms with Gasteiger partial charge in [0, 0.05) is 88.7 Å². The lowest BCUT2D eigenvalue weighted by Gasteiger charge is -2.46. The largest absolute Gasteiger partial charge is 0.455 e. The number of rotatable bonds is 8. The summed E-state index contributed by atoms with van der Waals surface area (Å²) in [5.74, 6) is 0. The van der Waals surface area contributed by atoms with Gasteiger partial charge in [0.25, 0.3) is 6.71 Å². The molecule has 0 amide bonds. The number of fused-ring (bicyclic) bond motifs is 16. The van der Waals surface area contributed by atoms with Crippen LogP contribution in [0.2, 0.25) is 0 Å². The SMILES string of the molecule is CC(C)(C)c1cc2c3c(c1)N(c1c(-c4ccccc4)cc(-c4ccccc4)c4oc5ccccc5c14)c1cc(-n4c5ccc(C(C)(C)C)cc5c5cc(C(C)(C)C)ccc54)ccc1B3c1ccc(-n3c4ccc(C(C)(C)C)cc4c4cc(C(C)(C)C)ccc43)cc1N2c1c(-c2ccccc2)cc(-c2ccccc2)c2oc3ccccc3c12. The van der Waals surface area contributed by atoms with Crippen LogP contribution in [-0.4, -0.2) is 15.8 Å². The van der Waals surface area contributed by atoms with E-state index in [9.17, 15) is 0 Å². The van der Waals surface area contributed by atoms with E-state index >= 15 is 0 Å². The van der Waals surface area contributed by atoms with Crippen molar-refractivity contribution in [1.82, 2.24) is 9.13 Å². The van der Waals surface area contributed by atoms with E-state index in [4.69, 9.17) is 8.83 Å². The molecule has 0 spiro atoms. The van der Waals surface area contributed by atoms with Crippen LogP contribution < -0.4 is 26.2 Å². The fraction of sp³-hybridized carbons (Fsp3) is 0.182. The van der Waals surface area contributed by atoms with Gasteiger partial charge in [-0.25, -0.2) is 0 Å². The van der Waals surface area contributed by atoms with Crippen molar-refractivity contribution in [2.75, 3.05) is 9.80 Å². The predicted octanol–water partition coefficient (Wildman–Crippen LogP) is 28.9. The fourth-order valence-corrected chi connectivity index (χ4v) is 19.2. The normalized spacial score (nSPS) is 13.4. The van der Waals surface area contributed by atoms with E-state index in [2.05, 4.69) is 426 Å². The van der Waals surface area contributed by atoms with Gasteiger partial charge < -0.3 is 27.8 Å². The predicted molar refractivity (Wildman–Crippen MR) is 499 cm³/mol. The first-order valence-corrected chi connectivity index (χ1v) is 41.7. The Hall–Kier alpha value is -12.8. The van der Waals surface area contributed by atoms with Gasteiger partial charge in [-0.3, -0.25) is 0 Å². The number of nitrogens with zero attached hydrogens (tertiary/aromatic N) is 4. The Morgan fingerprint density at radius 3 is 0.863 bits per heavy atom. The van der Waals surface area contributed by atoms with Crippen molar-refractivity contribution in [2.24, 2.45) is 0 Å². The van der Waals surface area contributed by atoms with Crippen molar-refractivity contribution < 1.29 is 8.83 Å². The number of aromatic nitrogens is 2. The summed E-state index contributed by atoms with van der Waals surface area (Å²) < 4.78 is 20.1. The highest BCUT2D eigenvalue weighted by atomic mass is 16.3. The number of hydrogen-bond acceptors (Lipinski definition) is 4. The lowest BCUT2D eigenvalue weighted by atomic mass is 9.33. The highest BCUT2D eigenvalue weighted by molar-refractivity contribution is 7.00. The quantitative estimate of drug-likeness (QED) is 0.142. The maximum Gasteiger partial charge on any atom is 0.252 e. The molecule has 117 heavy (non-hydrogen) atoms. The van der Waals surface area contributed by atoms with Gasteiger partial charge in [-0.1, -0.05) is 298 Å². The molecule has 6 heterocycles. The molecule has 0 atom stereocenters. The van der Waals surface area contributed by atoms with Crippen molar-refractivity contribution in [3.8, 4) is 55.9 Å². The maximum atomic E-state index is 7.51. The lowest BCUT2D eigenvalue weighted by Crippen LogP contribution is -2.61. The molecule has 0 saturated heterocycles. The molecular formula is C110H95BN4O2. The first-order chi connectivity index (χ1) is 56.2. The maximum absolute atomic E-state index is 7.51. The van der Waals surface area contributed by atoms with Crippen LogP contribution in [-0.2, 0) is 27.1 Å². The monoisotopic (exact) mass is 1510 g/mol. The zero-order valence-electron chi connectivity index (χ0n) is 69.6. The summed E-state index contributed by atoms with van der Waals surface area (Å²) >= 11 is 0. The van der Waals surface area contributed by atoms with Crippen molar-refractivity contribution in [3.05, 3.63) is 331 Å². The minimum absolute atomic E-state index is 0.0841. The van der Waals surface area contributed by atoms with E-state index in [1.165, 1.54) is 65.8 Å². The third-order valence-corrected chi connectivity index (χ3v) is 25.4. The molecule has 21 rings (SSSR count). The Morgan fingerprint density at radius 2 is 0.547 bits per heavy atom. The molecule has 4 aromatic heterocycles. The summed E-state index contributed by atoms with van der Waals surface area (Å²) in [5.41, 5.74) is 34.4. The Bertz CT molecular complexity index is 6750. The summed E-state index contributed by atoms with van der Waals surface area (Å²) in [5, 5.41) is 9.14. The minimum Gasteiger partial charge on any atom is -0.455 e. The van der Waals surface area contributed by atoms with Crippen molar-refractivity contribution in [3.63, 3.8) is 0 Å². The molecule has 0 N–H and O–H groups in total. The molecule has 2 aliphatic rings. The second-order valence-electron chi connectivity index (χ2n) is 38.1. The number of anilines is 6. The second-order valence-corrected chi connectivity index (χ2v) is 38.1. The molecule has 7 heteroatoms. The second kappa shape index (κ2) is 25.8. The van der Waals surface area contributed by atoms with Crippen molar-refractivity contribution in [1.29, 1.82) is 0 Å². The van der Waals surface area contributed by atoms with E-state index in [0.29, 0.717) is 0 Å². The summed E-state index contributed by atoms with van der Waals surface area (Å²) in [7, 11) is 0. The molecule has 0 unspecified atom stereocenters. The Labute approximate surface area is 686 Å². The zero-order chi connectivity index (χ0) is 80.3. The molecule has 0 aliphatic carbocycles. The topological polar surface area (TPSA) is 42.6 Å².